The lowest BCUT2D eigenvalue weighted by atomic mass is 10.2. The maximum atomic E-state index is 12.4. The van der Waals surface area contributed by atoms with Gasteiger partial charge in [-0.1, -0.05) is 31.0 Å². The predicted octanol–water partition coefficient (Wildman–Crippen LogP) is 2.85. The van der Waals surface area contributed by atoms with Gasteiger partial charge >= 0.3 is 12.1 Å². The molecule has 3 rings (SSSR count). The molecule has 0 atom stereocenters. The second-order valence-electron chi connectivity index (χ2n) is 6.44. The number of amides is 3. The molecule has 6 heteroatoms. The van der Waals surface area contributed by atoms with E-state index in [4.69, 9.17) is 4.74 Å². The van der Waals surface area contributed by atoms with Gasteiger partial charge in [-0.25, -0.2) is 9.59 Å². The first kappa shape index (κ1) is 16.6. The summed E-state index contributed by atoms with van der Waals surface area (Å²) in [7, 11) is 0. The summed E-state index contributed by atoms with van der Waals surface area (Å²) in [5, 5.41) is 3.11. The first-order chi connectivity index (χ1) is 11.7. The Hall–Kier alpha value is -2.24. The molecular formula is C18H25N3O3. The lowest BCUT2D eigenvalue weighted by Crippen LogP contribution is -2.45. The van der Waals surface area contributed by atoms with Crippen LogP contribution in [0.5, 0.6) is 5.75 Å². The summed E-state index contributed by atoms with van der Waals surface area (Å²) in [6, 6.07) is 9.39. The summed E-state index contributed by atoms with van der Waals surface area (Å²) in [6.45, 7) is 2.33. The zero-order chi connectivity index (χ0) is 16.8. The zero-order valence-corrected chi connectivity index (χ0v) is 13.9. The fraction of sp³-hybridized carbons (Fsp3) is 0.556. The van der Waals surface area contributed by atoms with Gasteiger partial charge in [0.15, 0.2) is 0 Å². The van der Waals surface area contributed by atoms with Crippen molar-refractivity contribution in [2.75, 3.05) is 26.2 Å². The summed E-state index contributed by atoms with van der Waals surface area (Å²) in [4.78, 5) is 28.1. The van der Waals surface area contributed by atoms with E-state index in [0.29, 0.717) is 38.0 Å². The largest absolute Gasteiger partial charge is 0.415 e. The molecule has 1 N–H and O–H groups in total. The van der Waals surface area contributed by atoms with Crippen LogP contribution in [0.3, 0.4) is 0 Å². The molecule has 1 heterocycles. The molecule has 1 saturated heterocycles. The van der Waals surface area contributed by atoms with Gasteiger partial charge in [-0.3, -0.25) is 0 Å². The maximum Gasteiger partial charge on any atom is 0.415 e. The van der Waals surface area contributed by atoms with Gasteiger partial charge in [0.25, 0.3) is 0 Å². The molecule has 0 aromatic heterocycles. The molecule has 24 heavy (non-hydrogen) atoms. The van der Waals surface area contributed by atoms with Crippen LogP contribution in [0.2, 0.25) is 0 Å². The SMILES string of the molecule is O=C(NC1CCCC1)N1CCCN(C(=O)Oc2ccccc2)CC1. The number of urea groups is 1. The average Bonchev–Trinajstić information content (AvgIpc) is 2.96. The van der Waals surface area contributed by atoms with Crippen molar-refractivity contribution in [3.63, 3.8) is 0 Å². The van der Waals surface area contributed by atoms with Gasteiger partial charge < -0.3 is 19.9 Å². The number of benzene rings is 1. The number of carbonyl (C=O) groups excluding carboxylic acids is 2. The van der Waals surface area contributed by atoms with E-state index in [1.807, 2.05) is 23.1 Å². The smallest absolute Gasteiger partial charge is 0.410 e. The minimum absolute atomic E-state index is 0.000164. The molecule has 2 aliphatic rings. The summed E-state index contributed by atoms with van der Waals surface area (Å²) < 4.78 is 5.38. The predicted molar refractivity (Wildman–Crippen MR) is 91.0 cm³/mol. The van der Waals surface area contributed by atoms with Crippen LogP contribution >= 0.6 is 0 Å². The Morgan fingerprint density at radius 2 is 1.58 bits per heavy atom. The molecule has 0 spiro atoms. The topological polar surface area (TPSA) is 61.9 Å². The molecule has 0 bridgehead atoms. The van der Waals surface area contributed by atoms with Crippen LogP contribution in [0, 0.1) is 0 Å². The monoisotopic (exact) mass is 331 g/mol. The number of rotatable bonds is 2. The molecule has 1 aliphatic heterocycles. The molecule has 1 aromatic carbocycles. The molecule has 3 amide bonds. The lowest BCUT2D eigenvalue weighted by Gasteiger charge is -2.24. The van der Waals surface area contributed by atoms with E-state index < -0.39 is 0 Å². The Morgan fingerprint density at radius 1 is 0.917 bits per heavy atom. The fourth-order valence-electron chi connectivity index (χ4n) is 3.29. The minimum Gasteiger partial charge on any atom is -0.410 e. The first-order valence-corrected chi connectivity index (χ1v) is 8.79. The van der Waals surface area contributed by atoms with Gasteiger partial charge in [0.1, 0.15) is 5.75 Å². The summed E-state index contributed by atoms with van der Waals surface area (Å²) in [5.41, 5.74) is 0. The first-order valence-electron chi connectivity index (χ1n) is 8.79. The highest BCUT2D eigenvalue weighted by molar-refractivity contribution is 5.75. The lowest BCUT2D eigenvalue weighted by molar-refractivity contribution is 0.153. The highest BCUT2D eigenvalue weighted by Gasteiger charge is 2.25. The number of hydrogen-bond acceptors (Lipinski definition) is 3. The van der Waals surface area contributed by atoms with Crippen molar-refractivity contribution in [2.24, 2.45) is 0 Å². The van der Waals surface area contributed by atoms with E-state index in [0.717, 1.165) is 19.3 Å². The van der Waals surface area contributed by atoms with Crippen molar-refractivity contribution >= 4 is 12.1 Å². The number of nitrogens with one attached hydrogen (secondary N) is 1. The van der Waals surface area contributed by atoms with Gasteiger partial charge in [-0.15, -0.1) is 0 Å². The van der Waals surface area contributed by atoms with E-state index in [-0.39, 0.29) is 12.1 Å². The standard InChI is InChI=1S/C18H25N3O3/c22-17(19-15-7-4-5-8-15)20-11-6-12-21(14-13-20)18(23)24-16-9-2-1-3-10-16/h1-3,9-10,15H,4-8,11-14H2,(H,19,22). The van der Waals surface area contributed by atoms with Crippen molar-refractivity contribution in [3.8, 4) is 5.75 Å². The van der Waals surface area contributed by atoms with Crippen LogP contribution in [0.1, 0.15) is 32.1 Å². The third kappa shape index (κ3) is 4.40. The molecule has 1 aliphatic carbocycles. The van der Waals surface area contributed by atoms with Gasteiger partial charge in [-0.2, -0.15) is 0 Å². The van der Waals surface area contributed by atoms with Crippen molar-refractivity contribution in [1.82, 2.24) is 15.1 Å². The van der Waals surface area contributed by atoms with Gasteiger partial charge in [0, 0.05) is 32.2 Å². The molecule has 1 aromatic rings. The average molecular weight is 331 g/mol. The molecular weight excluding hydrogens is 306 g/mol. The van der Waals surface area contributed by atoms with Gasteiger partial charge in [-0.05, 0) is 31.4 Å². The third-order valence-electron chi connectivity index (χ3n) is 4.67. The second-order valence-corrected chi connectivity index (χ2v) is 6.44. The molecule has 0 unspecified atom stereocenters. The van der Waals surface area contributed by atoms with Crippen molar-refractivity contribution < 1.29 is 14.3 Å². The van der Waals surface area contributed by atoms with Crippen LogP contribution < -0.4 is 10.1 Å². The molecule has 0 radical (unpaired) electrons. The van der Waals surface area contributed by atoms with Crippen LogP contribution in [0.4, 0.5) is 9.59 Å². The molecule has 2 fully saturated rings. The fourth-order valence-corrected chi connectivity index (χ4v) is 3.29. The van der Waals surface area contributed by atoms with Crippen molar-refractivity contribution in [1.29, 1.82) is 0 Å². The molecule has 130 valence electrons. The van der Waals surface area contributed by atoms with E-state index in [1.165, 1.54) is 12.8 Å². The second kappa shape index (κ2) is 8.04. The number of para-hydroxylation sites is 1. The normalized spacial score (nSPS) is 19.0. The third-order valence-corrected chi connectivity index (χ3v) is 4.67. The van der Waals surface area contributed by atoms with Crippen molar-refractivity contribution in [3.05, 3.63) is 30.3 Å². The Bertz CT molecular complexity index is 558. The Balaban J connectivity index is 1.49. The summed E-state index contributed by atoms with van der Waals surface area (Å²) in [5.74, 6) is 0.544. The Labute approximate surface area is 142 Å². The van der Waals surface area contributed by atoms with E-state index in [1.54, 1.807) is 17.0 Å². The van der Waals surface area contributed by atoms with E-state index in [9.17, 15) is 9.59 Å². The van der Waals surface area contributed by atoms with Gasteiger partial charge in [0.2, 0.25) is 0 Å². The number of nitrogens with zero attached hydrogens (tertiary/aromatic N) is 2. The minimum atomic E-state index is -0.348. The summed E-state index contributed by atoms with van der Waals surface area (Å²) >= 11 is 0. The zero-order valence-electron chi connectivity index (χ0n) is 13.9. The summed E-state index contributed by atoms with van der Waals surface area (Å²) in [6.07, 6.45) is 4.97. The Kier molecular flexibility index (Phi) is 5.56. The molecule has 6 nitrogen and oxygen atoms in total. The number of carbonyl (C=O) groups is 2. The highest BCUT2D eigenvalue weighted by Crippen LogP contribution is 2.18. The van der Waals surface area contributed by atoms with Gasteiger partial charge in [0.05, 0.1) is 0 Å². The van der Waals surface area contributed by atoms with Crippen LogP contribution in [-0.4, -0.2) is 54.1 Å². The van der Waals surface area contributed by atoms with Crippen LogP contribution in [0.15, 0.2) is 30.3 Å². The van der Waals surface area contributed by atoms with Crippen molar-refractivity contribution in [2.45, 2.75) is 38.1 Å². The molecule has 1 saturated carbocycles. The van der Waals surface area contributed by atoms with Crippen LogP contribution in [-0.2, 0) is 0 Å². The van der Waals surface area contributed by atoms with Crippen LogP contribution in [0.25, 0.3) is 0 Å². The maximum absolute atomic E-state index is 12.4. The quantitative estimate of drug-likeness (QED) is 0.906. The Morgan fingerprint density at radius 3 is 2.33 bits per heavy atom. The van der Waals surface area contributed by atoms with E-state index in [2.05, 4.69) is 5.32 Å². The van der Waals surface area contributed by atoms with E-state index >= 15 is 0 Å². The highest BCUT2D eigenvalue weighted by atomic mass is 16.6. The number of hydrogen-bond donors (Lipinski definition) is 1. The number of ether oxygens (including phenoxy) is 1.